The van der Waals surface area contributed by atoms with Crippen molar-refractivity contribution in [1.82, 2.24) is 14.3 Å². The van der Waals surface area contributed by atoms with E-state index in [-0.39, 0.29) is 17.6 Å². The maximum absolute atomic E-state index is 13.4. The van der Waals surface area contributed by atoms with Crippen molar-refractivity contribution in [2.75, 3.05) is 25.0 Å². The number of anilines is 1. The number of aryl methyl sites for hydroxylation is 1. The van der Waals surface area contributed by atoms with Crippen molar-refractivity contribution >= 4 is 23.0 Å². The molecule has 0 aliphatic carbocycles. The van der Waals surface area contributed by atoms with E-state index in [1.165, 1.54) is 0 Å². The third-order valence-electron chi connectivity index (χ3n) is 5.01. The lowest BCUT2D eigenvalue weighted by molar-refractivity contribution is 0.0790. The van der Waals surface area contributed by atoms with Gasteiger partial charge in [0.15, 0.2) is 5.69 Å². The van der Waals surface area contributed by atoms with Crippen LogP contribution in [0.3, 0.4) is 0 Å². The second-order valence-electron chi connectivity index (χ2n) is 7.21. The highest BCUT2D eigenvalue weighted by Gasteiger charge is 2.26. The van der Waals surface area contributed by atoms with Crippen LogP contribution in [0.5, 0.6) is 0 Å². The second kappa shape index (κ2) is 8.90. The minimum atomic E-state index is -0.227. The number of pyridine rings is 1. The van der Waals surface area contributed by atoms with Gasteiger partial charge in [0, 0.05) is 32.0 Å². The Labute approximate surface area is 171 Å². The number of unbranched alkanes of at least 4 members (excludes halogenated alkanes) is 1. The highest BCUT2D eigenvalue weighted by molar-refractivity contribution is 6.07. The lowest BCUT2D eigenvalue weighted by atomic mass is 10.2. The number of imidazole rings is 1. The van der Waals surface area contributed by atoms with Crippen LogP contribution in [0, 0.1) is 6.92 Å². The molecule has 0 fully saturated rings. The van der Waals surface area contributed by atoms with Gasteiger partial charge in [-0.3, -0.25) is 14.0 Å². The lowest BCUT2D eigenvalue weighted by Crippen LogP contribution is -2.32. The van der Waals surface area contributed by atoms with Crippen LogP contribution in [0.25, 0.3) is 5.52 Å². The van der Waals surface area contributed by atoms with Crippen LogP contribution in [0.4, 0.5) is 5.69 Å². The molecule has 0 aliphatic heterocycles. The molecule has 152 valence electrons. The van der Waals surface area contributed by atoms with E-state index in [4.69, 9.17) is 0 Å². The zero-order chi connectivity index (χ0) is 21.0. The SMILES string of the molecule is CCCCN(C)C(=O)c1nc(C(=O)N(CC)c2cccc(C)c2)n2ccccc12. The molecule has 0 saturated heterocycles. The third kappa shape index (κ3) is 4.16. The first-order chi connectivity index (χ1) is 14.0. The van der Waals surface area contributed by atoms with Crippen molar-refractivity contribution in [3.63, 3.8) is 0 Å². The van der Waals surface area contributed by atoms with Gasteiger partial charge in [0.2, 0.25) is 5.82 Å². The van der Waals surface area contributed by atoms with E-state index < -0.39 is 0 Å². The van der Waals surface area contributed by atoms with E-state index in [9.17, 15) is 9.59 Å². The summed E-state index contributed by atoms with van der Waals surface area (Å²) < 4.78 is 1.71. The summed E-state index contributed by atoms with van der Waals surface area (Å²) in [5, 5.41) is 0. The van der Waals surface area contributed by atoms with Gasteiger partial charge in [0.1, 0.15) is 0 Å². The molecule has 2 heterocycles. The van der Waals surface area contributed by atoms with Crippen LogP contribution in [0.2, 0.25) is 0 Å². The number of carbonyl (C=O) groups is 2. The highest BCUT2D eigenvalue weighted by Crippen LogP contribution is 2.21. The largest absolute Gasteiger partial charge is 0.340 e. The van der Waals surface area contributed by atoms with Gasteiger partial charge in [0.05, 0.1) is 5.52 Å². The van der Waals surface area contributed by atoms with Gasteiger partial charge in [0.25, 0.3) is 11.8 Å². The topological polar surface area (TPSA) is 57.9 Å². The first-order valence-electron chi connectivity index (χ1n) is 10.1. The minimum absolute atomic E-state index is 0.167. The molecule has 0 N–H and O–H groups in total. The molecular weight excluding hydrogens is 364 g/mol. The van der Waals surface area contributed by atoms with Gasteiger partial charge in [-0.05, 0) is 50.1 Å². The maximum atomic E-state index is 13.4. The van der Waals surface area contributed by atoms with Crippen molar-refractivity contribution in [3.8, 4) is 0 Å². The monoisotopic (exact) mass is 392 g/mol. The highest BCUT2D eigenvalue weighted by atomic mass is 16.2. The van der Waals surface area contributed by atoms with E-state index in [1.807, 2.05) is 56.3 Å². The van der Waals surface area contributed by atoms with Crippen molar-refractivity contribution < 1.29 is 9.59 Å². The van der Waals surface area contributed by atoms with E-state index in [0.717, 1.165) is 24.1 Å². The molecule has 3 rings (SSSR count). The molecule has 6 nitrogen and oxygen atoms in total. The van der Waals surface area contributed by atoms with E-state index in [2.05, 4.69) is 11.9 Å². The molecule has 0 atom stereocenters. The van der Waals surface area contributed by atoms with E-state index in [1.54, 1.807) is 27.4 Å². The lowest BCUT2D eigenvalue weighted by Gasteiger charge is -2.20. The molecule has 0 aliphatic rings. The Kier molecular flexibility index (Phi) is 6.32. The van der Waals surface area contributed by atoms with Crippen molar-refractivity contribution in [1.29, 1.82) is 0 Å². The number of carbonyl (C=O) groups excluding carboxylic acids is 2. The first-order valence-corrected chi connectivity index (χ1v) is 10.1. The molecular formula is C23H28N4O2. The summed E-state index contributed by atoms with van der Waals surface area (Å²) in [7, 11) is 1.78. The number of benzene rings is 1. The molecule has 0 bridgehead atoms. The standard InChI is InChI=1S/C23H28N4O2/c1-5-7-14-25(4)22(28)20-19-13-8-9-15-27(19)21(24-20)23(29)26(6-2)18-12-10-11-17(3)16-18/h8-13,15-16H,5-7,14H2,1-4H3. The Hall–Kier alpha value is -3.15. The summed E-state index contributed by atoms with van der Waals surface area (Å²) >= 11 is 0. The van der Waals surface area contributed by atoms with Crippen LogP contribution in [0.15, 0.2) is 48.7 Å². The quantitative estimate of drug-likeness (QED) is 0.606. The van der Waals surface area contributed by atoms with Gasteiger partial charge in [-0.1, -0.05) is 31.5 Å². The van der Waals surface area contributed by atoms with Crippen LogP contribution < -0.4 is 4.90 Å². The molecule has 0 spiro atoms. The first kappa shape index (κ1) is 20.6. The molecule has 6 heteroatoms. The molecule has 0 saturated carbocycles. The molecule has 1 aromatic carbocycles. The maximum Gasteiger partial charge on any atom is 0.294 e. The zero-order valence-electron chi connectivity index (χ0n) is 17.6. The Balaban J connectivity index is 2.03. The smallest absolute Gasteiger partial charge is 0.294 e. The van der Waals surface area contributed by atoms with E-state index >= 15 is 0 Å². The van der Waals surface area contributed by atoms with Crippen molar-refractivity contribution in [2.24, 2.45) is 0 Å². The predicted molar refractivity (Wildman–Crippen MR) is 116 cm³/mol. The number of fused-ring (bicyclic) bond motifs is 1. The Morgan fingerprint density at radius 1 is 1.07 bits per heavy atom. The Morgan fingerprint density at radius 2 is 1.86 bits per heavy atom. The average Bonchev–Trinajstić information content (AvgIpc) is 3.11. The van der Waals surface area contributed by atoms with Crippen LogP contribution in [0.1, 0.15) is 53.4 Å². The number of amides is 2. The number of rotatable bonds is 7. The summed E-state index contributed by atoms with van der Waals surface area (Å²) in [6.45, 7) is 7.18. The van der Waals surface area contributed by atoms with Crippen LogP contribution in [-0.4, -0.2) is 46.2 Å². The molecule has 3 aromatic rings. The van der Waals surface area contributed by atoms with Gasteiger partial charge >= 0.3 is 0 Å². The normalized spacial score (nSPS) is 10.9. The fraction of sp³-hybridized carbons (Fsp3) is 0.348. The van der Waals surface area contributed by atoms with Gasteiger partial charge in [-0.15, -0.1) is 0 Å². The Morgan fingerprint density at radius 3 is 2.55 bits per heavy atom. The van der Waals surface area contributed by atoms with Crippen LogP contribution in [-0.2, 0) is 0 Å². The number of hydrogen-bond acceptors (Lipinski definition) is 3. The van der Waals surface area contributed by atoms with Gasteiger partial charge in [-0.2, -0.15) is 0 Å². The third-order valence-corrected chi connectivity index (χ3v) is 5.01. The van der Waals surface area contributed by atoms with E-state index in [0.29, 0.717) is 24.3 Å². The zero-order valence-corrected chi connectivity index (χ0v) is 17.6. The molecule has 0 radical (unpaired) electrons. The number of nitrogens with zero attached hydrogens (tertiary/aromatic N) is 4. The van der Waals surface area contributed by atoms with Gasteiger partial charge < -0.3 is 9.80 Å². The Bertz CT molecular complexity index is 1020. The van der Waals surface area contributed by atoms with Gasteiger partial charge in [-0.25, -0.2) is 4.98 Å². The fourth-order valence-electron chi connectivity index (χ4n) is 3.38. The summed E-state index contributed by atoms with van der Waals surface area (Å²) in [5.74, 6) is -0.148. The summed E-state index contributed by atoms with van der Waals surface area (Å²) in [6, 6.07) is 13.3. The molecule has 2 aromatic heterocycles. The predicted octanol–water partition coefficient (Wildman–Crippen LogP) is 4.18. The number of hydrogen-bond donors (Lipinski definition) is 0. The van der Waals surface area contributed by atoms with Crippen molar-refractivity contribution in [3.05, 3.63) is 65.7 Å². The summed E-state index contributed by atoms with van der Waals surface area (Å²) in [4.78, 5) is 34.2. The summed E-state index contributed by atoms with van der Waals surface area (Å²) in [6.07, 6.45) is 3.71. The molecule has 2 amide bonds. The second-order valence-corrected chi connectivity index (χ2v) is 7.21. The average molecular weight is 393 g/mol. The fourth-order valence-corrected chi connectivity index (χ4v) is 3.38. The van der Waals surface area contributed by atoms with Crippen molar-refractivity contribution in [2.45, 2.75) is 33.6 Å². The minimum Gasteiger partial charge on any atom is -0.340 e. The number of aromatic nitrogens is 2. The molecule has 0 unspecified atom stereocenters. The van der Waals surface area contributed by atoms with Crippen LogP contribution >= 0.6 is 0 Å². The summed E-state index contributed by atoms with van der Waals surface area (Å²) in [5.41, 5.74) is 2.85. The molecule has 29 heavy (non-hydrogen) atoms.